The molecule has 0 aliphatic carbocycles. The van der Waals surface area contributed by atoms with Gasteiger partial charge in [-0.1, -0.05) is 12.1 Å². The van der Waals surface area contributed by atoms with Gasteiger partial charge in [-0.2, -0.15) is 0 Å². The van der Waals surface area contributed by atoms with Gasteiger partial charge >= 0.3 is 0 Å². The maximum Gasteiger partial charge on any atom is 0.261 e. The zero-order valence-corrected chi connectivity index (χ0v) is 16.6. The monoisotopic (exact) mass is 424 g/mol. The molecule has 1 heterocycles. The van der Waals surface area contributed by atoms with Crippen molar-refractivity contribution < 1.29 is 14.3 Å². The largest absolute Gasteiger partial charge is 0.491 e. The molecule has 0 unspecified atom stereocenters. The Morgan fingerprint density at radius 2 is 1.84 bits per heavy atom. The van der Waals surface area contributed by atoms with Crippen molar-refractivity contribution >= 4 is 39.1 Å². The number of hydrogen-bond donors (Lipinski definition) is 2. The number of halogens is 1. The molecule has 0 spiro atoms. The molecule has 0 aliphatic rings. The third kappa shape index (κ3) is 6.88. The zero-order chi connectivity index (χ0) is 18.2. The lowest BCUT2D eigenvalue weighted by molar-refractivity contribution is -0.120. The average Bonchev–Trinajstić information content (AvgIpc) is 3.00. The number of carbonyl (C=O) groups excluding carboxylic acids is 2. The topological polar surface area (TPSA) is 67.4 Å². The third-order valence-electron chi connectivity index (χ3n) is 3.24. The van der Waals surface area contributed by atoms with E-state index >= 15 is 0 Å². The van der Waals surface area contributed by atoms with Gasteiger partial charge in [-0.3, -0.25) is 9.59 Å². The van der Waals surface area contributed by atoms with Crippen LogP contribution < -0.4 is 15.4 Å². The van der Waals surface area contributed by atoms with E-state index in [0.717, 1.165) is 21.5 Å². The standard InChI is InChI=1S/C18H21BrN2O3S/c1-12(2)24-14-5-3-13(4-6-14)9-10-20-17(22)11-21-18(23)15-7-8-16(19)25-15/h3-8,12H,9-11H2,1-2H3,(H,20,22)(H,21,23). The van der Waals surface area contributed by atoms with E-state index in [0.29, 0.717) is 11.4 Å². The maximum absolute atomic E-state index is 11.9. The molecule has 2 amide bonds. The van der Waals surface area contributed by atoms with Crippen LogP contribution in [0.5, 0.6) is 5.75 Å². The van der Waals surface area contributed by atoms with Gasteiger partial charge in [0.2, 0.25) is 5.91 Å². The van der Waals surface area contributed by atoms with Gasteiger partial charge in [0.05, 0.1) is 21.3 Å². The quantitative estimate of drug-likeness (QED) is 0.682. The molecule has 0 atom stereocenters. The average molecular weight is 425 g/mol. The van der Waals surface area contributed by atoms with Gasteiger partial charge in [0.1, 0.15) is 5.75 Å². The van der Waals surface area contributed by atoms with Crippen LogP contribution >= 0.6 is 27.3 Å². The molecule has 0 bridgehead atoms. The minimum atomic E-state index is -0.244. The summed E-state index contributed by atoms with van der Waals surface area (Å²) in [5, 5.41) is 5.41. The normalized spacial score (nSPS) is 10.6. The van der Waals surface area contributed by atoms with E-state index in [2.05, 4.69) is 26.6 Å². The van der Waals surface area contributed by atoms with E-state index in [1.807, 2.05) is 38.1 Å². The van der Waals surface area contributed by atoms with Gasteiger partial charge in [0, 0.05) is 6.54 Å². The summed E-state index contributed by atoms with van der Waals surface area (Å²) in [7, 11) is 0. The highest BCUT2D eigenvalue weighted by atomic mass is 79.9. The summed E-state index contributed by atoms with van der Waals surface area (Å²) in [4.78, 5) is 24.2. The second-order valence-electron chi connectivity index (χ2n) is 5.70. The number of ether oxygens (including phenoxy) is 1. The number of hydrogen-bond acceptors (Lipinski definition) is 4. The van der Waals surface area contributed by atoms with Crippen LogP contribution in [0.4, 0.5) is 0 Å². The summed E-state index contributed by atoms with van der Waals surface area (Å²) in [5.74, 6) is 0.390. The van der Waals surface area contributed by atoms with Crippen molar-refractivity contribution in [2.24, 2.45) is 0 Å². The fourth-order valence-electron chi connectivity index (χ4n) is 2.10. The Kier molecular flexibility index (Phi) is 7.46. The SMILES string of the molecule is CC(C)Oc1ccc(CCNC(=O)CNC(=O)c2ccc(Br)s2)cc1. The molecule has 2 rings (SSSR count). The van der Waals surface area contributed by atoms with Crippen LogP contribution in [0.25, 0.3) is 0 Å². The summed E-state index contributed by atoms with van der Waals surface area (Å²) in [6.45, 7) is 4.46. The molecule has 1 aromatic carbocycles. The van der Waals surface area contributed by atoms with E-state index in [4.69, 9.17) is 4.74 Å². The van der Waals surface area contributed by atoms with Crippen LogP contribution in [0, 0.1) is 0 Å². The Bertz CT molecular complexity index is 713. The van der Waals surface area contributed by atoms with Crippen LogP contribution in [-0.4, -0.2) is 31.0 Å². The third-order valence-corrected chi connectivity index (χ3v) is 4.86. The predicted octanol–water partition coefficient (Wildman–Crippen LogP) is 3.39. The molecule has 7 heteroatoms. The number of rotatable bonds is 8. The van der Waals surface area contributed by atoms with E-state index in [1.165, 1.54) is 11.3 Å². The molecule has 2 aromatic rings. The van der Waals surface area contributed by atoms with Crippen molar-refractivity contribution in [1.29, 1.82) is 0 Å². The minimum Gasteiger partial charge on any atom is -0.491 e. The first-order valence-electron chi connectivity index (χ1n) is 8.00. The van der Waals surface area contributed by atoms with Gasteiger partial charge in [-0.15, -0.1) is 11.3 Å². The highest BCUT2D eigenvalue weighted by Crippen LogP contribution is 2.21. The number of benzene rings is 1. The first kappa shape index (κ1) is 19.5. The van der Waals surface area contributed by atoms with Crippen LogP contribution in [0.2, 0.25) is 0 Å². The molecule has 0 aliphatic heterocycles. The summed E-state index contributed by atoms with van der Waals surface area (Å²) >= 11 is 4.63. The predicted molar refractivity (Wildman–Crippen MR) is 103 cm³/mol. The van der Waals surface area contributed by atoms with Gasteiger partial charge in [-0.05, 0) is 66.0 Å². The van der Waals surface area contributed by atoms with Gasteiger partial charge in [-0.25, -0.2) is 0 Å². The summed E-state index contributed by atoms with van der Waals surface area (Å²) in [6.07, 6.45) is 0.870. The van der Waals surface area contributed by atoms with Gasteiger partial charge < -0.3 is 15.4 Å². The van der Waals surface area contributed by atoms with Crippen LogP contribution in [-0.2, 0) is 11.2 Å². The number of carbonyl (C=O) groups is 2. The fraction of sp³-hybridized carbons (Fsp3) is 0.333. The molecule has 1 aromatic heterocycles. The van der Waals surface area contributed by atoms with Crippen LogP contribution in [0.1, 0.15) is 29.1 Å². The van der Waals surface area contributed by atoms with Crippen molar-refractivity contribution in [3.63, 3.8) is 0 Å². The number of nitrogens with one attached hydrogen (secondary N) is 2. The Hall–Kier alpha value is -1.86. The highest BCUT2D eigenvalue weighted by molar-refractivity contribution is 9.11. The van der Waals surface area contributed by atoms with E-state index in [1.54, 1.807) is 12.1 Å². The van der Waals surface area contributed by atoms with Crippen molar-refractivity contribution in [1.82, 2.24) is 10.6 Å². The van der Waals surface area contributed by atoms with Crippen molar-refractivity contribution in [3.05, 3.63) is 50.6 Å². The second kappa shape index (κ2) is 9.58. The van der Waals surface area contributed by atoms with Crippen molar-refractivity contribution in [2.75, 3.05) is 13.1 Å². The molecule has 2 N–H and O–H groups in total. The maximum atomic E-state index is 11.9. The second-order valence-corrected chi connectivity index (χ2v) is 8.16. The van der Waals surface area contributed by atoms with E-state index < -0.39 is 0 Å². The lowest BCUT2D eigenvalue weighted by Gasteiger charge is -2.10. The van der Waals surface area contributed by atoms with Crippen molar-refractivity contribution in [3.8, 4) is 5.75 Å². The van der Waals surface area contributed by atoms with E-state index in [9.17, 15) is 9.59 Å². The number of thiophene rings is 1. The Morgan fingerprint density at radius 3 is 2.44 bits per heavy atom. The molecular formula is C18H21BrN2O3S. The summed E-state index contributed by atoms with van der Waals surface area (Å²) in [5.41, 5.74) is 1.11. The van der Waals surface area contributed by atoms with E-state index in [-0.39, 0.29) is 24.5 Å². The molecular weight excluding hydrogens is 404 g/mol. The fourth-order valence-corrected chi connectivity index (χ4v) is 3.40. The minimum absolute atomic E-state index is 0.0322. The molecule has 0 radical (unpaired) electrons. The molecule has 0 fully saturated rings. The van der Waals surface area contributed by atoms with Crippen molar-refractivity contribution in [2.45, 2.75) is 26.4 Å². The highest BCUT2D eigenvalue weighted by Gasteiger charge is 2.10. The van der Waals surface area contributed by atoms with Crippen LogP contribution in [0.3, 0.4) is 0 Å². The van der Waals surface area contributed by atoms with Gasteiger partial charge in [0.25, 0.3) is 5.91 Å². The Labute approximate surface area is 159 Å². The molecule has 0 saturated heterocycles. The smallest absolute Gasteiger partial charge is 0.261 e. The molecule has 25 heavy (non-hydrogen) atoms. The molecule has 0 saturated carbocycles. The zero-order valence-electron chi connectivity index (χ0n) is 14.2. The Morgan fingerprint density at radius 1 is 1.12 bits per heavy atom. The number of amides is 2. The van der Waals surface area contributed by atoms with Gasteiger partial charge in [0.15, 0.2) is 0 Å². The first-order valence-corrected chi connectivity index (χ1v) is 9.61. The summed E-state index contributed by atoms with van der Waals surface area (Å²) < 4.78 is 6.47. The van der Waals surface area contributed by atoms with Crippen LogP contribution in [0.15, 0.2) is 40.2 Å². The Balaban J connectivity index is 1.67. The molecule has 134 valence electrons. The first-order chi connectivity index (χ1) is 11.9. The molecule has 5 nitrogen and oxygen atoms in total. The lowest BCUT2D eigenvalue weighted by Crippen LogP contribution is -2.37. The summed E-state index contributed by atoms with van der Waals surface area (Å²) in [6, 6.07) is 11.3. The lowest BCUT2D eigenvalue weighted by atomic mass is 10.1.